The van der Waals surface area contributed by atoms with E-state index in [4.69, 9.17) is 4.74 Å². The zero-order valence-electron chi connectivity index (χ0n) is 14.2. The van der Waals surface area contributed by atoms with E-state index in [9.17, 15) is 9.90 Å². The predicted octanol–water partition coefficient (Wildman–Crippen LogP) is 4.74. The van der Waals surface area contributed by atoms with E-state index in [0.29, 0.717) is 12.2 Å². The molecule has 1 aliphatic rings. The first kappa shape index (κ1) is 16.5. The van der Waals surface area contributed by atoms with E-state index in [1.165, 1.54) is 18.4 Å². The minimum Gasteiger partial charge on any atom is -0.504 e. The Bertz CT molecular complexity index is 1010. The summed E-state index contributed by atoms with van der Waals surface area (Å²) in [6.45, 7) is 0. The number of ketones is 1. The Morgan fingerprint density at radius 2 is 1.96 bits per heavy atom. The van der Waals surface area contributed by atoms with Crippen LogP contribution in [0.4, 0.5) is 0 Å². The van der Waals surface area contributed by atoms with E-state index in [0.717, 1.165) is 38.7 Å². The van der Waals surface area contributed by atoms with Crippen LogP contribution >= 0.6 is 11.3 Å². The lowest BCUT2D eigenvalue weighted by molar-refractivity contribution is 0.103. The summed E-state index contributed by atoms with van der Waals surface area (Å²) in [7, 11) is 1.51. The minimum absolute atomic E-state index is 0.0289. The van der Waals surface area contributed by atoms with Gasteiger partial charge in [0.1, 0.15) is 5.01 Å². The molecule has 2 aromatic carbocycles. The predicted molar refractivity (Wildman–Crippen MR) is 103 cm³/mol. The lowest BCUT2D eigenvalue weighted by Gasteiger charge is -2.12. The first-order valence-corrected chi connectivity index (χ1v) is 9.15. The second-order valence-electron chi connectivity index (χ2n) is 6.09. The lowest BCUT2D eigenvalue weighted by Crippen LogP contribution is -2.12. The summed E-state index contributed by atoms with van der Waals surface area (Å²) in [5.74, 6) is 0.510. The first-order chi connectivity index (χ1) is 12.7. The second kappa shape index (κ2) is 6.77. The largest absolute Gasteiger partial charge is 0.504 e. The Morgan fingerprint density at radius 3 is 2.69 bits per heavy atom. The van der Waals surface area contributed by atoms with E-state index in [-0.39, 0.29) is 11.5 Å². The summed E-state index contributed by atoms with van der Waals surface area (Å²) < 4.78 is 5.06. The van der Waals surface area contributed by atoms with Crippen LogP contribution in [0.1, 0.15) is 27.3 Å². The van der Waals surface area contributed by atoms with Gasteiger partial charge in [0, 0.05) is 11.1 Å². The second-order valence-corrected chi connectivity index (χ2v) is 7.09. The van der Waals surface area contributed by atoms with Gasteiger partial charge < -0.3 is 9.84 Å². The fraction of sp³-hybridized carbons (Fsp3) is 0.143. The molecule has 1 aromatic heterocycles. The molecule has 130 valence electrons. The van der Waals surface area contributed by atoms with Crippen molar-refractivity contribution >= 4 is 23.2 Å². The van der Waals surface area contributed by atoms with Gasteiger partial charge in [-0.05, 0) is 36.6 Å². The van der Waals surface area contributed by atoms with Gasteiger partial charge in [-0.2, -0.15) is 0 Å². The SMILES string of the molecule is COc1ccc(/C=C2\CCc3nc(-c4ccccc4)sc3C2=O)cc1O. The number of thiazole rings is 1. The zero-order chi connectivity index (χ0) is 18.1. The highest BCUT2D eigenvalue weighted by Gasteiger charge is 2.26. The highest BCUT2D eigenvalue weighted by atomic mass is 32.1. The number of phenolic OH excluding ortho intramolecular Hbond substituents is 1. The molecular formula is C21H17NO3S. The van der Waals surface area contributed by atoms with Crippen LogP contribution in [-0.2, 0) is 6.42 Å². The zero-order valence-corrected chi connectivity index (χ0v) is 15.0. The molecule has 0 amide bonds. The molecule has 4 nitrogen and oxygen atoms in total. The molecule has 5 heteroatoms. The maximum Gasteiger partial charge on any atom is 0.200 e. The number of hydrogen-bond donors (Lipinski definition) is 1. The molecule has 0 bridgehead atoms. The molecule has 1 aliphatic carbocycles. The van der Waals surface area contributed by atoms with E-state index >= 15 is 0 Å². The third-order valence-electron chi connectivity index (χ3n) is 4.39. The number of ether oxygens (including phenoxy) is 1. The van der Waals surface area contributed by atoms with Crippen molar-refractivity contribution in [3.8, 4) is 22.1 Å². The number of rotatable bonds is 3. The van der Waals surface area contributed by atoms with E-state index in [2.05, 4.69) is 4.98 Å². The number of nitrogens with zero attached hydrogens (tertiary/aromatic N) is 1. The number of aryl methyl sites for hydroxylation is 1. The number of allylic oxidation sites excluding steroid dienone is 1. The molecule has 0 aliphatic heterocycles. The van der Waals surface area contributed by atoms with Gasteiger partial charge in [-0.15, -0.1) is 11.3 Å². The third-order valence-corrected chi connectivity index (χ3v) is 5.54. The number of carbonyl (C=O) groups is 1. The van der Waals surface area contributed by atoms with Crippen LogP contribution in [0, 0.1) is 0 Å². The van der Waals surface area contributed by atoms with Crippen LogP contribution in [0.2, 0.25) is 0 Å². The van der Waals surface area contributed by atoms with E-state index in [1.54, 1.807) is 12.1 Å². The Balaban J connectivity index is 1.66. The van der Waals surface area contributed by atoms with Gasteiger partial charge in [0.05, 0.1) is 17.7 Å². The molecule has 1 heterocycles. The molecule has 0 radical (unpaired) electrons. The van der Waals surface area contributed by atoms with Crippen molar-refractivity contribution in [2.45, 2.75) is 12.8 Å². The van der Waals surface area contributed by atoms with Crippen molar-refractivity contribution in [1.29, 1.82) is 0 Å². The quantitative estimate of drug-likeness (QED) is 0.683. The molecule has 4 rings (SSSR count). The van der Waals surface area contributed by atoms with Gasteiger partial charge >= 0.3 is 0 Å². The number of Topliss-reactive ketones (excluding diaryl/α,β-unsaturated/α-hetero) is 1. The van der Waals surface area contributed by atoms with Crippen molar-refractivity contribution in [2.24, 2.45) is 0 Å². The van der Waals surface area contributed by atoms with Gasteiger partial charge in [0.2, 0.25) is 5.78 Å². The van der Waals surface area contributed by atoms with Crippen molar-refractivity contribution < 1.29 is 14.6 Å². The normalized spacial score (nSPS) is 15.1. The van der Waals surface area contributed by atoms with Gasteiger partial charge in [-0.25, -0.2) is 4.98 Å². The first-order valence-electron chi connectivity index (χ1n) is 8.33. The van der Waals surface area contributed by atoms with Crippen molar-refractivity contribution in [2.75, 3.05) is 7.11 Å². The number of carbonyl (C=O) groups excluding carboxylic acids is 1. The fourth-order valence-electron chi connectivity index (χ4n) is 3.05. The monoisotopic (exact) mass is 363 g/mol. The van der Waals surface area contributed by atoms with Crippen LogP contribution < -0.4 is 4.74 Å². The van der Waals surface area contributed by atoms with Crippen LogP contribution in [0.5, 0.6) is 11.5 Å². The molecule has 0 atom stereocenters. The maximum absolute atomic E-state index is 12.9. The Kier molecular flexibility index (Phi) is 4.31. The summed E-state index contributed by atoms with van der Waals surface area (Å²) in [5, 5.41) is 10.8. The standard InChI is InChI=1S/C21H17NO3S/c1-25-18-10-7-13(12-17(18)23)11-15-8-9-16-20(19(15)24)26-21(22-16)14-5-3-2-4-6-14/h2-7,10-12,23H,8-9H2,1H3/b15-11+. The molecule has 26 heavy (non-hydrogen) atoms. The summed E-state index contributed by atoms with van der Waals surface area (Å²) >= 11 is 1.45. The topological polar surface area (TPSA) is 59.4 Å². The third kappa shape index (κ3) is 3.02. The summed E-state index contributed by atoms with van der Waals surface area (Å²) in [6.07, 6.45) is 3.24. The number of aromatic hydroxyl groups is 1. The molecule has 0 unspecified atom stereocenters. The molecule has 0 saturated heterocycles. The highest BCUT2D eigenvalue weighted by molar-refractivity contribution is 7.17. The summed E-state index contributed by atoms with van der Waals surface area (Å²) in [5.41, 5.74) is 3.44. The fourth-order valence-corrected chi connectivity index (χ4v) is 4.14. The molecule has 0 fully saturated rings. The average molecular weight is 363 g/mol. The maximum atomic E-state index is 12.9. The smallest absolute Gasteiger partial charge is 0.200 e. The van der Waals surface area contributed by atoms with Gasteiger partial charge in [-0.1, -0.05) is 36.4 Å². The number of methoxy groups -OCH3 is 1. The molecule has 3 aromatic rings. The molecular weight excluding hydrogens is 346 g/mol. The number of hydrogen-bond acceptors (Lipinski definition) is 5. The van der Waals surface area contributed by atoms with Crippen LogP contribution in [0.15, 0.2) is 54.1 Å². The molecule has 0 saturated carbocycles. The van der Waals surface area contributed by atoms with Crippen molar-refractivity contribution in [3.05, 3.63) is 70.2 Å². The Hall–Kier alpha value is -2.92. The Labute approximate surface area is 155 Å². The van der Waals surface area contributed by atoms with Gasteiger partial charge in [0.15, 0.2) is 11.5 Å². The van der Waals surface area contributed by atoms with Gasteiger partial charge in [-0.3, -0.25) is 4.79 Å². The van der Waals surface area contributed by atoms with Gasteiger partial charge in [0.25, 0.3) is 0 Å². The lowest BCUT2D eigenvalue weighted by atomic mass is 9.94. The number of fused-ring (bicyclic) bond motifs is 1. The van der Waals surface area contributed by atoms with E-state index < -0.39 is 0 Å². The van der Waals surface area contributed by atoms with E-state index in [1.807, 2.05) is 42.5 Å². The number of aromatic nitrogens is 1. The van der Waals surface area contributed by atoms with Crippen LogP contribution in [-0.4, -0.2) is 23.0 Å². The number of benzene rings is 2. The minimum atomic E-state index is 0.0289. The molecule has 1 N–H and O–H groups in total. The molecule has 0 spiro atoms. The highest BCUT2D eigenvalue weighted by Crippen LogP contribution is 2.35. The van der Waals surface area contributed by atoms with Crippen molar-refractivity contribution in [3.63, 3.8) is 0 Å². The number of phenols is 1. The Morgan fingerprint density at radius 1 is 1.15 bits per heavy atom. The van der Waals surface area contributed by atoms with Crippen LogP contribution in [0.25, 0.3) is 16.6 Å². The summed E-state index contributed by atoms with van der Waals surface area (Å²) in [6, 6.07) is 15.1. The van der Waals surface area contributed by atoms with Crippen LogP contribution in [0.3, 0.4) is 0 Å². The summed E-state index contributed by atoms with van der Waals surface area (Å²) in [4.78, 5) is 18.3. The average Bonchev–Trinajstić information content (AvgIpc) is 3.10. The van der Waals surface area contributed by atoms with Crippen molar-refractivity contribution in [1.82, 2.24) is 4.98 Å².